The van der Waals surface area contributed by atoms with Crippen LogP contribution in [-0.2, 0) is 0 Å². The van der Waals surface area contributed by atoms with E-state index >= 15 is 0 Å². The molecule has 2 heterocycles. The summed E-state index contributed by atoms with van der Waals surface area (Å²) in [5.41, 5.74) is 17.3. The number of nitrogen functional groups attached to an aromatic ring is 2. The number of halogens is 2. The topological polar surface area (TPSA) is 84.6 Å². The molecule has 2 aromatic carbocycles. The first kappa shape index (κ1) is 19.8. The van der Waals surface area contributed by atoms with Crippen LogP contribution in [-0.4, -0.2) is 10.9 Å². The van der Waals surface area contributed by atoms with Gasteiger partial charge in [-0.05, 0) is 59.3 Å². The normalized spacial score (nSPS) is 10.8. The summed E-state index contributed by atoms with van der Waals surface area (Å²) in [6.07, 6.45) is 0. The average molecular weight is 460 g/mol. The number of benzene rings is 2. The summed E-state index contributed by atoms with van der Waals surface area (Å²) in [7, 11) is 0. The lowest BCUT2D eigenvalue weighted by Gasteiger charge is -2.11. The van der Waals surface area contributed by atoms with Crippen LogP contribution in [0.15, 0.2) is 64.4 Å². The molecule has 4 rings (SSSR count). The van der Waals surface area contributed by atoms with Crippen LogP contribution in [0.1, 0.15) is 9.75 Å². The third-order valence-electron chi connectivity index (χ3n) is 4.47. The van der Waals surface area contributed by atoms with Gasteiger partial charge in [0, 0.05) is 43.7 Å². The Morgan fingerprint density at radius 2 is 1.17 bits per heavy atom. The van der Waals surface area contributed by atoms with Crippen LogP contribution in [0.4, 0.5) is 11.4 Å². The van der Waals surface area contributed by atoms with Gasteiger partial charge in [-0.25, -0.2) is 0 Å². The molecule has 0 unspecified atom stereocenters. The third-order valence-corrected chi connectivity index (χ3v) is 6.78. The Hall–Kier alpha value is -2.51. The van der Waals surface area contributed by atoms with Crippen molar-refractivity contribution in [3.63, 3.8) is 0 Å². The van der Waals surface area contributed by atoms with E-state index in [1.165, 1.54) is 22.7 Å². The molecule has 0 saturated heterocycles. The zero-order valence-corrected chi connectivity index (χ0v) is 18.0. The highest BCUT2D eigenvalue weighted by molar-refractivity contribution is 7.16. The Balaban J connectivity index is 1.87. The van der Waals surface area contributed by atoms with Gasteiger partial charge in [0.05, 0.1) is 9.75 Å². The Kier molecular flexibility index (Phi) is 5.52. The van der Waals surface area contributed by atoms with Crippen LogP contribution >= 0.6 is 45.9 Å². The maximum absolute atomic E-state index is 9.95. The SMILES string of the molecule is Nc1ccc(Cl)cc1-c1ccsc1C(=NO)c1sccc1-c1cc(Cl)ccc1N. The van der Waals surface area contributed by atoms with Gasteiger partial charge in [0.15, 0.2) is 0 Å². The highest BCUT2D eigenvalue weighted by Gasteiger charge is 2.22. The lowest BCUT2D eigenvalue weighted by atomic mass is 9.99. The number of nitrogens with two attached hydrogens (primary N) is 2. The van der Waals surface area contributed by atoms with E-state index < -0.39 is 0 Å². The molecule has 0 atom stereocenters. The Bertz CT molecular complexity index is 1140. The quantitative estimate of drug-likeness (QED) is 0.135. The summed E-state index contributed by atoms with van der Waals surface area (Å²) < 4.78 is 0. The van der Waals surface area contributed by atoms with E-state index in [0.717, 1.165) is 32.0 Å². The van der Waals surface area contributed by atoms with Crippen molar-refractivity contribution in [1.29, 1.82) is 0 Å². The molecule has 8 heteroatoms. The molecule has 0 fully saturated rings. The number of thiophene rings is 2. The predicted octanol–water partition coefficient (Wildman–Crippen LogP) is 6.84. The molecular formula is C21H15Cl2N3OS2. The third kappa shape index (κ3) is 3.72. The van der Waals surface area contributed by atoms with Crippen molar-refractivity contribution in [2.24, 2.45) is 5.16 Å². The van der Waals surface area contributed by atoms with Gasteiger partial charge in [-0.3, -0.25) is 0 Å². The summed E-state index contributed by atoms with van der Waals surface area (Å²) >= 11 is 15.3. The van der Waals surface area contributed by atoms with Gasteiger partial charge in [0.2, 0.25) is 0 Å². The molecule has 0 aliphatic heterocycles. The van der Waals surface area contributed by atoms with E-state index in [1.54, 1.807) is 24.3 Å². The van der Waals surface area contributed by atoms with Crippen molar-refractivity contribution in [1.82, 2.24) is 0 Å². The van der Waals surface area contributed by atoms with Crippen LogP contribution in [0.25, 0.3) is 22.3 Å². The lowest BCUT2D eigenvalue weighted by Crippen LogP contribution is -2.03. The molecule has 146 valence electrons. The minimum Gasteiger partial charge on any atom is -0.410 e. The maximum atomic E-state index is 9.95. The zero-order valence-electron chi connectivity index (χ0n) is 14.9. The first-order valence-corrected chi connectivity index (χ1v) is 11.0. The van der Waals surface area contributed by atoms with Crippen molar-refractivity contribution < 1.29 is 5.21 Å². The van der Waals surface area contributed by atoms with E-state index in [1.807, 2.05) is 35.0 Å². The van der Waals surface area contributed by atoms with Crippen LogP contribution in [0.2, 0.25) is 10.0 Å². The molecule has 0 amide bonds. The van der Waals surface area contributed by atoms with E-state index in [2.05, 4.69) is 5.16 Å². The van der Waals surface area contributed by atoms with E-state index in [4.69, 9.17) is 34.7 Å². The fourth-order valence-electron chi connectivity index (χ4n) is 3.13. The first-order chi connectivity index (χ1) is 14.0. The average Bonchev–Trinajstić information content (AvgIpc) is 3.37. The van der Waals surface area contributed by atoms with Gasteiger partial charge >= 0.3 is 0 Å². The van der Waals surface area contributed by atoms with Gasteiger partial charge in [-0.1, -0.05) is 28.4 Å². The smallest absolute Gasteiger partial charge is 0.138 e. The largest absolute Gasteiger partial charge is 0.410 e. The minimum atomic E-state index is 0.443. The van der Waals surface area contributed by atoms with Crippen LogP contribution in [0, 0.1) is 0 Å². The Labute approximate surface area is 185 Å². The maximum Gasteiger partial charge on any atom is 0.138 e. The number of oxime groups is 1. The van der Waals surface area contributed by atoms with Crippen molar-refractivity contribution >= 4 is 63.0 Å². The van der Waals surface area contributed by atoms with Gasteiger partial charge in [0.25, 0.3) is 0 Å². The van der Waals surface area contributed by atoms with Crippen molar-refractivity contribution in [3.8, 4) is 22.3 Å². The molecule has 0 aliphatic rings. The number of anilines is 2. The lowest BCUT2D eigenvalue weighted by molar-refractivity contribution is 0.320. The molecule has 0 radical (unpaired) electrons. The second-order valence-corrected chi connectivity index (χ2v) is 8.94. The van der Waals surface area contributed by atoms with Gasteiger partial charge in [-0.15, -0.1) is 22.7 Å². The fourth-order valence-corrected chi connectivity index (χ4v) is 5.34. The Morgan fingerprint density at radius 3 is 1.59 bits per heavy atom. The highest BCUT2D eigenvalue weighted by atomic mass is 35.5. The predicted molar refractivity (Wildman–Crippen MR) is 126 cm³/mol. The summed E-state index contributed by atoms with van der Waals surface area (Å²) in [6.45, 7) is 0. The second-order valence-electron chi connectivity index (χ2n) is 6.24. The van der Waals surface area contributed by atoms with Crippen LogP contribution < -0.4 is 11.5 Å². The van der Waals surface area contributed by atoms with Crippen LogP contribution in [0.5, 0.6) is 0 Å². The second kappa shape index (κ2) is 8.08. The molecule has 2 aromatic heterocycles. The summed E-state index contributed by atoms with van der Waals surface area (Å²) in [5, 5.41) is 18.6. The monoisotopic (exact) mass is 459 g/mol. The van der Waals surface area contributed by atoms with Crippen molar-refractivity contribution in [2.45, 2.75) is 0 Å². The molecule has 5 N–H and O–H groups in total. The molecule has 0 bridgehead atoms. The van der Waals surface area contributed by atoms with E-state index in [9.17, 15) is 5.21 Å². The summed E-state index contributed by atoms with van der Waals surface area (Å²) in [5.74, 6) is 0. The molecule has 0 spiro atoms. The molecule has 4 nitrogen and oxygen atoms in total. The molecule has 4 aromatic rings. The number of hydrogen-bond acceptors (Lipinski definition) is 6. The van der Waals surface area contributed by atoms with Gasteiger partial charge in [0.1, 0.15) is 5.71 Å². The van der Waals surface area contributed by atoms with Crippen molar-refractivity contribution in [2.75, 3.05) is 11.5 Å². The molecule has 29 heavy (non-hydrogen) atoms. The van der Waals surface area contributed by atoms with E-state index in [-0.39, 0.29) is 0 Å². The highest BCUT2D eigenvalue weighted by Crippen LogP contribution is 2.40. The summed E-state index contributed by atoms with van der Waals surface area (Å²) in [6, 6.07) is 14.5. The number of hydrogen-bond donors (Lipinski definition) is 3. The zero-order chi connectivity index (χ0) is 20.5. The number of nitrogens with zero attached hydrogens (tertiary/aromatic N) is 1. The van der Waals surface area contributed by atoms with E-state index in [0.29, 0.717) is 27.1 Å². The Morgan fingerprint density at radius 1 is 0.724 bits per heavy atom. The first-order valence-electron chi connectivity index (χ1n) is 8.48. The van der Waals surface area contributed by atoms with Crippen molar-refractivity contribution in [3.05, 3.63) is 79.1 Å². The fraction of sp³-hybridized carbons (Fsp3) is 0. The molecule has 0 aliphatic carbocycles. The minimum absolute atomic E-state index is 0.443. The van der Waals surface area contributed by atoms with Gasteiger partial charge < -0.3 is 16.7 Å². The standard InChI is InChI=1S/C21H15Cl2N3OS2/c22-11-1-3-17(24)15(9-11)13-5-7-28-20(13)19(26-27)21-14(6-8-29-21)16-10-12(23)2-4-18(16)25/h1-10,27H,24-25H2. The molecule has 0 saturated carbocycles. The summed E-state index contributed by atoms with van der Waals surface area (Å²) in [4.78, 5) is 1.57. The number of rotatable bonds is 4. The molecular weight excluding hydrogens is 445 g/mol. The van der Waals surface area contributed by atoms with Crippen LogP contribution in [0.3, 0.4) is 0 Å². The van der Waals surface area contributed by atoms with Gasteiger partial charge in [-0.2, -0.15) is 0 Å².